The molecule has 154 valence electrons. The molecule has 1 aromatic carbocycles. The first-order valence-corrected chi connectivity index (χ1v) is 10.6. The lowest BCUT2D eigenvalue weighted by Gasteiger charge is -2.36. The Hall–Kier alpha value is -2.37. The zero-order valence-electron chi connectivity index (χ0n) is 17.0. The molecule has 4 rings (SSSR count). The van der Waals surface area contributed by atoms with Gasteiger partial charge in [-0.05, 0) is 67.7 Å². The minimum Gasteiger partial charge on any atom is -0.342 e. The average Bonchev–Trinajstić information content (AvgIpc) is 2.72. The van der Waals surface area contributed by atoms with Gasteiger partial charge in [0.25, 0.3) is 0 Å². The second-order valence-corrected chi connectivity index (χ2v) is 8.53. The van der Waals surface area contributed by atoms with Gasteiger partial charge in [-0.3, -0.25) is 4.79 Å². The number of fused-ring (bicyclic) bond motifs is 1. The number of rotatable bonds is 3. The molecule has 4 nitrogen and oxygen atoms in total. The summed E-state index contributed by atoms with van der Waals surface area (Å²) in [6, 6.07) is 5.54. The summed E-state index contributed by atoms with van der Waals surface area (Å²) in [5.74, 6) is -0.978. The summed E-state index contributed by atoms with van der Waals surface area (Å²) in [5, 5.41) is 8.53. The summed E-state index contributed by atoms with van der Waals surface area (Å²) in [4.78, 5) is 15.1. The second kappa shape index (κ2) is 8.17. The Kier molecular flexibility index (Phi) is 5.61. The van der Waals surface area contributed by atoms with Crippen LogP contribution >= 0.6 is 0 Å². The zero-order chi connectivity index (χ0) is 20.5. The van der Waals surface area contributed by atoms with E-state index in [0.717, 1.165) is 50.8 Å². The van der Waals surface area contributed by atoms with E-state index in [4.69, 9.17) is 0 Å². The van der Waals surface area contributed by atoms with Crippen LogP contribution in [-0.2, 0) is 4.79 Å². The van der Waals surface area contributed by atoms with E-state index in [-0.39, 0.29) is 29.0 Å². The number of benzene rings is 1. The van der Waals surface area contributed by atoms with Crippen molar-refractivity contribution in [1.29, 1.82) is 0 Å². The van der Waals surface area contributed by atoms with Crippen molar-refractivity contribution in [3.05, 3.63) is 47.2 Å². The maximum Gasteiger partial charge on any atom is 0.231 e. The maximum absolute atomic E-state index is 14.3. The first-order valence-electron chi connectivity index (χ1n) is 10.6. The number of halogens is 2. The van der Waals surface area contributed by atoms with Crippen molar-refractivity contribution in [1.82, 2.24) is 15.1 Å². The molecule has 1 aliphatic carbocycles. The van der Waals surface area contributed by atoms with E-state index in [1.54, 1.807) is 6.07 Å². The highest BCUT2D eigenvalue weighted by molar-refractivity contribution is 5.84. The molecule has 1 aromatic heterocycles. The van der Waals surface area contributed by atoms with E-state index in [0.29, 0.717) is 11.6 Å². The topological polar surface area (TPSA) is 46.1 Å². The van der Waals surface area contributed by atoms with Crippen molar-refractivity contribution in [2.24, 2.45) is 5.92 Å². The molecule has 0 saturated carbocycles. The summed E-state index contributed by atoms with van der Waals surface area (Å²) in [5.41, 5.74) is 1.63. The highest BCUT2D eigenvalue weighted by Crippen LogP contribution is 2.43. The lowest BCUT2D eigenvalue weighted by Crippen LogP contribution is -2.40. The number of aromatic nitrogens is 2. The Morgan fingerprint density at radius 1 is 1.07 bits per heavy atom. The van der Waals surface area contributed by atoms with Crippen LogP contribution in [0, 0.1) is 17.6 Å². The molecule has 6 heteroatoms. The second-order valence-electron chi connectivity index (χ2n) is 8.53. The van der Waals surface area contributed by atoms with E-state index >= 15 is 0 Å². The van der Waals surface area contributed by atoms with Gasteiger partial charge in [0.2, 0.25) is 5.91 Å². The lowest BCUT2D eigenvalue weighted by atomic mass is 9.74. The number of amides is 1. The van der Waals surface area contributed by atoms with E-state index < -0.39 is 11.6 Å². The van der Waals surface area contributed by atoms with Crippen LogP contribution in [-0.4, -0.2) is 34.1 Å². The number of piperidine rings is 1. The molecule has 2 aliphatic rings. The third kappa shape index (κ3) is 3.77. The van der Waals surface area contributed by atoms with Crippen molar-refractivity contribution in [2.45, 2.75) is 57.8 Å². The van der Waals surface area contributed by atoms with Crippen LogP contribution in [0.2, 0.25) is 0 Å². The van der Waals surface area contributed by atoms with Crippen LogP contribution in [0.1, 0.15) is 69.0 Å². The third-order valence-corrected chi connectivity index (χ3v) is 6.34. The van der Waals surface area contributed by atoms with Crippen LogP contribution < -0.4 is 0 Å². The van der Waals surface area contributed by atoms with Crippen LogP contribution in [0.3, 0.4) is 0 Å². The van der Waals surface area contributed by atoms with Gasteiger partial charge in [-0.2, -0.15) is 5.10 Å². The molecule has 1 unspecified atom stereocenters. The van der Waals surface area contributed by atoms with E-state index in [2.05, 4.69) is 24.0 Å². The minimum absolute atomic E-state index is 0.118. The standard InChI is InChI=1S/C23H27F2N3O/c1-14(2)15-9-10-16(23(29)28-11-4-3-5-12-28)22-17(15)13-20(26-27-22)21-18(24)7-6-8-19(21)25/h6-8,13-16H,3-5,9-12H2,1-2H3/t15-,16?/m0/s1. The van der Waals surface area contributed by atoms with Gasteiger partial charge in [-0.15, -0.1) is 5.10 Å². The fourth-order valence-electron chi connectivity index (χ4n) is 4.75. The highest BCUT2D eigenvalue weighted by Gasteiger charge is 2.37. The number of hydrogen-bond donors (Lipinski definition) is 0. The Labute approximate surface area is 170 Å². The van der Waals surface area contributed by atoms with Crippen LogP contribution in [0.15, 0.2) is 24.3 Å². The molecular weight excluding hydrogens is 372 g/mol. The smallest absolute Gasteiger partial charge is 0.231 e. The predicted molar refractivity (Wildman–Crippen MR) is 107 cm³/mol. The van der Waals surface area contributed by atoms with Gasteiger partial charge < -0.3 is 4.90 Å². The first-order chi connectivity index (χ1) is 14.0. The highest BCUT2D eigenvalue weighted by atomic mass is 19.1. The molecule has 2 aromatic rings. The Bertz CT molecular complexity index is 889. The van der Waals surface area contributed by atoms with Gasteiger partial charge in [0.1, 0.15) is 11.6 Å². The summed E-state index contributed by atoms with van der Waals surface area (Å²) in [6.45, 7) is 5.85. The predicted octanol–water partition coefficient (Wildman–Crippen LogP) is 5.05. The molecule has 2 atom stereocenters. The number of nitrogens with zero attached hydrogens (tertiary/aromatic N) is 3. The molecule has 0 bridgehead atoms. The van der Waals surface area contributed by atoms with Crippen molar-refractivity contribution in [3.63, 3.8) is 0 Å². The molecule has 2 heterocycles. The van der Waals surface area contributed by atoms with Crippen molar-refractivity contribution < 1.29 is 13.6 Å². The molecular formula is C23H27F2N3O. The molecule has 1 fully saturated rings. The number of likely N-dealkylation sites (tertiary alicyclic amines) is 1. The van der Waals surface area contributed by atoms with Gasteiger partial charge in [0.05, 0.1) is 22.9 Å². The molecule has 0 spiro atoms. The van der Waals surface area contributed by atoms with Crippen molar-refractivity contribution in [2.75, 3.05) is 13.1 Å². The molecule has 1 saturated heterocycles. The molecule has 1 amide bonds. The number of hydrogen-bond acceptors (Lipinski definition) is 3. The van der Waals surface area contributed by atoms with Gasteiger partial charge in [0, 0.05) is 13.1 Å². The third-order valence-electron chi connectivity index (χ3n) is 6.34. The lowest BCUT2D eigenvalue weighted by molar-refractivity contribution is -0.134. The normalized spacial score (nSPS) is 21.9. The Balaban J connectivity index is 1.75. The molecule has 0 radical (unpaired) electrons. The van der Waals surface area contributed by atoms with E-state index in [1.165, 1.54) is 18.2 Å². The van der Waals surface area contributed by atoms with E-state index in [1.807, 2.05) is 4.90 Å². The van der Waals surface area contributed by atoms with Crippen LogP contribution in [0.5, 0.6) is 0 Å². The molecule has 29 heavy (non-hydrogen) atoms. The number of carbonyl (C=O) groups excluding carboxylic acids is 1. The quantitative estimate of drug-likeness (QED) is 0.725. The number of carbonyl (C=O) groups is 1. The van der Waals surface area contributed by atoms with Crippen LogP contribution in [0.4, 0.5) is 8.78 Å². The largest absolute Gasteiger partial charge is 0.342 e. The van der Waals surface area contributed by atoms with Gasteiger partial charge in [0.15, 0.2) is 0 Å². The zero-order valence-corrected chi connectivity index (χ0v) is 17.0. The summed E-state index contributed by atoms with van der Waals surface area (Å²) in [6.07, 6.45) is 4.85. The Morgan fingerprint density at radius 2 is 1.76 bits per heavy atom. The summed E-state index contributed by atoms with van der Waals surface area (Å²) in [7, 11) is 0. The van der Waals surface area contributed by atoms with E-state index in [9.17, 15) is 13.6 Å². The average molecular weight is 399 g/mol. The maximum atomic E-state index is 14.3. The fourth-order valence-corrected chi connectivity index (χ4v) is 4.75. The fraction of sp³-hybridized carbons (Fsp3) is 0.522. The summed E-state index contributed by atoms with van der Waals surface area (Å²) < 4.78 is 28.6. The summed E-state index contributed by atoms with van der Waals surface area (Å²) >= 11 is 0. The molecule has 1 aliphatic heterocycles. The van der Waals surface area contributed by atoms with Gasteiger partial charge >= 0.3 is 0 Å². The van der Waals surface area contributed by atoms with Crippen molar-refractivity contribution in [3.8, 4) is 11.3 Å². The first kappa shape index (κ1) is 19.9. The molecule has 0 N–H and O–H groups in total. The van der Waals surface area contributed by atoms with Crippen molar-refractivity contribution >= 4 is 5.91 Å². The Morgan fingerprint density at radius 3 is 2.41 bits per heavy atom. The van der Waals surface area contributed by atoms with Gasteiger partial charge in [-0.25, -0.2) is 8.78 Å². The minimum atomic E-state index is -0.655. The monoisotopic (exact) mass is 399 g/mol. The van der Waals surface area contributed by atoms with Gasteiger partial charge in [-0.1, -0.05) is 19.9 Å². The SMILES string of the molecule is CC(C)[C@@H]1CCC(C(=O)N2CCCCC2)c2nnc(-c3c(F)cccc3F)cc21. The van der Waals surface area contributed by atoms with Crippen LogP contribution in [0.25, 0.3) is 11.3 Å².